The summed E-state index contributed by atoms with van der Waals surface area (Å²) in [5.74, 6) is 3.84. The van der Waals surface area contributed by atoms with E-state index in [0.29, 0.717) is 44.3 Å². The second kappa shape index (κ2) is 11.3. The van der Waals surface area contributed by atoms with Crippen LogP contribution in [0.15, 0.2) is 36.4 Å². The highest BCUT2D eigenvalue weighted by molar-refractivity contribution is 7.91. The molecule has 4 N–H and O–H groups in total. The van der Waals surface area contributed by atoms with Crippen molar-refractivity contribution < 1.29 is 27.5 Å². The van der Waals surface area contributed by atoms with Crippen LogP contribution in [-0.4, -0.2) is 70.5 Å². The number of aryl methyl sites for hydroxylation is 2. The zero-order valence-corrected chi connectivity index (χ0v) is 27.6. The van der Waals surface area contributed by atoms with E-state index < -0.39 is 55.7 Å². The molecule has 3 amide bonds. The monoisotopic (exact) mass is 659 g/mol. The Kier molecular flexibility index (Phi) is 7.63. The Bertz CT molecular complexity index is 1880. The van der Waals surface area contributed by atoms with Crippen molar-refractivity contribution in [1.82, 2.24) is 19.9 Å². The number of carbonyl (C=O) groups is 3. The molecule has 47 heavy (non-hydrogen) atoms. The first-order valence-electron chi connectivity index (χ1n) is 16.6. The summed E-state index contributed by atoms with van der Waals surface area (Å²) in [6.07, 6.45) is 9.62. The van der Waals surface area contributed by atoms with Gasteiger partial charge in [0.1, 0.15) is 17.4 Å². The minimum Gasteiger partial charge on any atom is -0.483 e. The van der Waals surface area contributed by atoms with E-state index in [1.54, 1.807) is 13.0 Å². The van der Waals surface area contributed by atoms with Crippen LogP contribution in [0, 0.1) is 24.7 Å². The van der Waals surface area contributed by atoms with Crippen molar-refractivity contribution in [3.63, 3.8) is 0 Å². The van der Waals surface area contributed by atoms with Crippen LogP contribution >= 0.6 is 0 Å². The largest absolute Gasteiger partial charge is 0.483 e. The molecule has 1 spiro atoms. The molecule has 5 atom stereocenters. The van der Waals surface area contributed by atoms with Gasteiger partial charge in [-0.25, -0.2) is 18.1 Å². The van der Waals surface area contributed by atoms with E-state index in [2.05, 4.69) is 21.9 Å². The zero-order valence-electron chi connectivity index (χ0n) is 26.8. The molecule has 7 rings (SSSR count). The maximum atomic E-state index is 14.3. The average Bonchev–Trinajstić information content (AvgIpc) is 3.70. The highest BCUT2D eigenvalue weighted by Gasteiger charge is 2.58. The lowest BCUT2D eigenvalue weighted by Gasteiger charge is -2.38. The molecule has 2 aromatic rings. The van der Waals surface area contributed by atoms with Crippen molar-refractivity contribution in [2.75, 3.05) is 6.54 Å². The first-order valence-corrected chi connectivity index (χ1v) is 18.1. The summed E-state index contributed by atoms with van der Waals surface area (Å²) in [5, 5.41) is 3.85. The fourth-order valence-corrected chi connectivity index (χ4v) is 8.64. The van der Waals surface area contributed by atoms with E-state index in [1.807, 2.05) is 37.3 Å². The number of hydrogen-bond acceptors (Lipinski definition) is 8. The van der Waals surface area contributed by atoms with Gasteiger partial charge in [0, 0.05) is 17.4 Å². The number of nitrogens with one attached hydrogen (secondary N) is 2. The number of hydrogen-bond donors (Lipinski definition) is 3. The average molecular weight is 660 g/mol. The van der Waals surface area contributed by atoms with Gasteiger partial charge in [-0.1, -0.05) is 55.0 Å². The maximum absolute atomic E-state index is 14.3. The number of nitrogens with zero attached hydrogens (tertiary/aromatic N) is 2. The van der Waals surface area contributed by atoms with Gasteiger partial charge in [-0.3, -0.25) is 14.4 Å². The molecular formula is C35H41N5O6S. The Labute approximate surface area is 275 Å². The Hall–Kier alpha value is -3.95. The lowest BCUT2D eigenvalue weighted by molar-refractivity contribution is -0.141. The molecule has 4 heterocycles. The molecule has 5 aliphatic rings. The number of sulfonamides is 1. The molecule has 0 bridgehead atoms. The number of rotatable bonds is 3. The highest BCUT2D eigenvalue weighted by Crippen LogP contribution is 2.45. The van der Waals surface area contributed by atoms with Gasteiger partial charge in [0.2, 0.25) is 21.8 Å². The van der Waals surface area contributed by atoms with Gasteiger partial charge in [-0.05, 0) is 64.9 Å². The molecule has 2 fully saturated rings. The summed E-state index contributed by atoms with van der Waals surface area (Å²) < 4.78 is 34.2. The molecule has 3 aliphatic heterocycles. The summed E-state index contributed by atoms with van der Waals surface area (Å²) in [4.78, 5) is 48.4. The molecule has 0 radical (unpaired) electrons. The van der Waals surface area contributed by atoms with Crippen molar-refractivity contribution >= 4 is 38.6 Å². The number of carbonyl (C=O) groups excluding carboxylic acids is 3. The van der Waals surface area contributed by atoms with Crippen molar-refractivity contribution in [3.05, 3.63) is 47.7 Å². The Balaban J connectivity index is 1.23. The number of allylic oxidation sites excluding steroid dienone is 1. The van der Waals surface area contributed by atoms with Crippen molar-refractivity contribution in [1.29, 1.82) is 0 Å². The number of nitrogens with two attached hydrogens (primary N) is 1. The van der Waals surface area contributed by atoms with E-state index in [-0.39, 0.29) is 18.9 Å². The fraction of sp³-hybridized carbons (Fsp3) is 0.543. The molecule has 0 unspecified atom stereocenters. The summed E-state index contributed by atoms with van der Waals surface area (Å²) in [6, 6.07) is 6.09. The Morgan fingerprint density at radius 1 is 1.17 bits per heavy atom. The Morgan fingerprint density at radius 2 is 1.96 bits per heavy atom. The van der Waals surface area contributed by atoms with Gasteiger partial charge < -0.3 is 20.7 Å². The third kappa shape index (κ3) is 5.37. The maximum Gasteiger partial charge on any atom is 0.273 e. The summed E-state index contributed by atoms with van der Waals surface area (Å²) in [5.41, 5.74) is 6.43. The number of amides is 3. The summed E-state index contributed by atoms with van der Waals surface area (Å²) in [6.45, 7) is 3.63. The topological polar surface area (TPSA) is 161 Å². The first-order chi connectivity index (χ1) is 22.4. The van der Waals surface area contributed by atoms with Gasteiger partial charge in [0.05, 0.1) is 34.5 Å². The molecule has 1 saturated carbocycles. The molecular weight excluding hydrogens is 618 g/mol. The number of fused-ring (bicyclic) bond motifs is 5. The fourth-order valence-electron chi connectivity index (χ4n) is 7.35. The normalized spacial score (nSPS) is 32.1. The van der Waals surface area contributed by atoms with E-state index >= 15 is 0 Å². The standard InChI is InChI=1S/C35H41N5O6S/c1-22-29-25(24-11-8-9-13-27(24)37-22)15-16-34(46-29)20-28-30(41)38-35(32(43)39-47(44,45)33(2)18-19-33)17-14-23(35)10-6-4-3-5-7-12-26(36)31(42)40(28)21-34/h6,8-11,13,23,26,28H,3-5,7,12,15-16,18-21,36H2,1-2H3,(H,38,41)(H,39,43)/b10-6-/t23-,26+,28+,34-,35-/m1/s1. The number of benzene rings is 1. The minimum atomic E-state index is -4.00. The first kappa shape index (κ1) is 31.6. The second-order valence-electron chi connectivity index (χ2n) is 14.1. The van der Waals surface area contributed by atoms with Crippen molar-refractivity contribution in [2.45, 2.75) is 106 Å². The van der Waals surface area contributed by atoms with E-state index in [1.165, 1.54) is 4.90 Å². The number of ether oxygens (including phenoxy) is 1. The smallest absolute Gasteiger partial charge is 0.273 e. The molecule has 11 nitrogen and oxygen atoms in total. The van der Waals surface area contributed by atoms with Gasteiger partial charge >= 0.3 is 0 Å². The van der Waals surface area contributed by atoms with E-state index in [4.69, 9.17) is 15.5 Å². The van der Waals surface area contributed by atoms with E-state index in [0.717, 1.165) is 41.4 Å². The summed E-state index contributed by atoms with van der Waals surface area (Å²) in [7, 11) is -4.00. The molecule has 1 aromatic carbocycles. The SMILES string of the molecule is Cc1nc2ccccc2c2c1O[C@]1(CC2)C[C@H]2C(=O)N[C@]3(C(=O)NS(=O)(=O)C4(C)CC4)C#C[C@H]3/C=C\CCCCC[C@H](N)C(=O)N2C1. The quantitative estimate of drug-likeness (QED) is 0.335. The van der Waals surface area contributed by atoms with Gasteiger partial charge in [-0.2, -0.15) is 0 Å². The molecule has 1 aromatic heterocycles. The van der Waals surface area contributed by atoms with E-state index in [9.17, 15) is 22.8 Å². The van der Waals surface area contributed by atoms with Crippen LogP contribution in [0.5, 0.6) is 5.75 Å². The van der Waals surface area contributed by atoms with Crippen LogP contribution < -0.4 is 20.5 Å². The zero-order chi connectivity index (χ0) is 33.2. The van der Waals surface area contributed by atoms with Gasteiger partial charge in [-0.15, -0.1) is 0 Å². The van der Waals surface area contributed by atoms with Crippen LogP contribution in [0.25, 0.3) is 10.9 Å². The van der Waals surface area contributed by atoms with Gasteiger partial charge in [0.15, 0.2) is 5.54 Å². The molecule has 1 saturated heterocycles. The molecule has 2 aliphatic carbocycles. The van der Waals surface area contributed by atoms with Crippen LogP contribution in [0.1, 0.15) is 76.0 Å². The highest BCUT2D eigenvalue weighted by atomic mass is 32.2. The second-order valence-corrected chi connectivity index (χ2v) is 16.3. The van der Waals surface area contributed by atoms with Crippen LogP contribution in [0.3, 0.4) is 0 Å². The number of para-hydroxylation sites is 1. The number of aromatic nitrogens is 1. The molecule has 248 valence electrons. The van der Waals surface area contributed by atoms with Crippen LogP contribution in [-0.2, 0) is 30.8 Å². The van der Waals surface area contributed by atoms with Gasteiger partial charge in [0.25, 0.3) is 5.91 Å². The van der Waals surface area contributed by atoms with Crippen molar-refractivity contribution in [2.24, 2.45) is 11.7 Å². The lowest BCUT2D eigenvalue weighted by atomic mass is 9.75. The predicted molar refractivity (Wildman–Crippen MR) is 175 cm³/mol. The molecule has 12 heteroatoms. The summed E-state index contributed by atoms with van der Waals surface area (Å²) >= 11 is 0. The minimum absolute atomic E-state index is 0.143. The third-order valence-corrected chi connectivity index (χ3v) is 12.8. The van der Waals surface area contributed by atoms with Crippen LogP contribution in [0.4, 0.5) is 0 Å². The predicted octanol–water partition coefficient (Wildman–Crippen LogP) is 2.54. The number of pyridine rings is 1. The van der Waals surface area contributed by atoms with Crippen LogP contribution in [0.2, 0.25) is 0 Å². The Morgan fingerprint density at radius 3 is 2.70 bits per heavy atom. The third-order valence-electron chi connectivity index (χ3n) is 10.7. The van der Waals surface area contributed by atoms with Crippen molar-refractivity contribution in [3.8, 4) is 17.6 Å². The lowest BCUT2D eigenvalue weighted by Crippen LogP contribution is -2.68.